The molecule has 0 saturated heterocycles. The molecule has 1 aromatic rings. The van der Waals surface area contributed by atoms with Crippen LogP contribution in [-0.2, 0) is 0 Å². The number of nitrogens with zero attached hydrogens (tertiary/aromatic N) is 1. The minimum absolute atomic E-state index is 0.245. The predicted octanol–water partition coefficient (Wildman–Crippen LogP) is 3.01. The molecule has 0 spiro atoms. The van der Waals surface area contributed by atoms with E-state index in [9.17, 15) is 0 Å². The van der Waals surface area contributed by atoms with Gasteiger partial charge < -0.3 is 5.43 Å². The number of nitrogens with one attached hydrogen (secondary N) is 1. The average Bonchev–Trinajstić information content (AvgIpc) is 2.62. The van der Waals surface area contributed by atoms with Crippen LogP contribution >= 0.6 is 23.2 Å². The van der Waals surface area contributed by atoms with Crippen LogP contribution < -0.4 is 5.43 Å². The van der Waals surface area contributed by atoms with Gasteiger partial charge in [0.25, 0.3) is 0 Å². The molecule has 0 aromatic heterocycles. The first-order chi connectivity index (χ1) is 6.27. The monoisotopic (exact) mass is 214 g/mol. The fourth-order valence-electron chi connectivity index (χ4n) is 1.29. The van der Waals surface area contributed by atoms with Crippen LogP contribution in [-0.4, -0.2) is 6.21 Å². The summed E-state index contributed by atoms with van der Waals surface area (Å²) in [5.41, 5.74) is 4.10. The molecule has 1 heterocycles. The topological polar surface area (TPSA) is 24.4 Å². The van der Waals surface area contributed by atoms with Crippen molar-refractivity contribution in [3.05, 3.63) is 33.8 Å². The summed E-state index contributed by atoms with van der Waals surface area (Å²) in [4.78, 5) is 0. The number of hydrogen-bond acceptors (Lipinski definition) is 2. The quantitative estimate of drug-likeness (QED) is 0.764. The van der Waals surface area contributed by atoms with E-state index in [-0.39, 0.29) is 6.04 Å². The summed E-state index contributed by atoms with van der Waals surface area (Å²) in [6.07, 6.45) is 2.76. The van der Waals surface area contributed by atoms with Gasteiger partial charge in [0.15, 0.2) is 0 Å². The molecule has 0 radical (unpaired) electrons. The zero-order chi connectivity index (χ0) is 9.26. The van der Waals surface area contributed by atoms with Crippen molar-refractivity contribution in [2.75, 3.05) is 0 Å². The molecule has 13 heavy (non-hydrogen) atoms. The summed E-state index contributed by atoms with van der Waals surface area (Å²) in [6.45, 7) is 0. The van der Waals surface area contributed by atoms with Crippen LogP contribution in [0.4, 0.5) is 0 Å². The summed E-state index contributed by atoms with van der Waals surface area (Å²) in [7, 11) is 0. The lowest BCUT2D eigenvalue weighted by Crippen LogP contribution is -2.09. The molecule has 0 saturated carbocycles. The molecule has 0 aliphatic carbocycles. The molecule has 1 aliphatic heterocycles. The number of hydrogen-bond donors (Lipinski definition) is 1. The normalized spacial score (nSPS) is 20.3. The predicted molar refractivity (Wildman–Crippen MR) is 55.4 cm³/mol. The Balaban J connectivity index is 2.26. The Morgan fingerprint density at radius 1 is 1.31 bits per heavy atom. The molecule has 0 bridgehead atoms. The number of halogens is 2. The fourth-order valence-corrected chi connectivity index (χ4v) is 1.60. The van der Waals surface area contributed by atoms with Crippen molar-refractivity contribution in [3.63, 3.8) is 0 Å². The molecular weight excluding hydrogens is 207 g/mol. The zero-order valence-corrected chi connectivity index (χ0v) is 8.31. The van der Waals surface area contributed by atoms with E-state index in [0.717, 1.165) is 12.0 Å². The van der Waals surface area contributed by atoms with E-state index in [1.165, 1.54) is 0 Å². The Morgan fingerprint density at radius 3 is 2.77 bits per heavy atom. The highest BCUT2D eigenvalue weighted by Crippen LogP contribution is 2.27. The maximum absolute atomic E-state index is 5.89. The molecule has 4 heteroatoms. The molecule has 1 unspecified atom stereocenters. The van der Waals surface area contributed by atoms with Crippen molar-refractivity contribution >= 4 is 29.4 Å². The second kappa shape index (κ2) is 3.56. The van der Waals surface area contributed by atoms with Gasteiger partial charge in [-0.15, -0.1) is 0 Å². The number of benzene rings is 1. The van der Waals surface area contributed by atoms with E-state index >= 15 is 0 Å². The van der Waals surface area contributed by atoms with Gasteiger partial charge in [-0.1, -0.05) is 29.3 Å². The minimum Gasteiger partial charge on any atom is -0.303 e. The Kier molecular flexibility index (Phi) is 2.42. The van der Waals surface area contributed by atoms with Crippen LogP contribution in [0.25, 0.3) is 0 Å². The van der Waals surface area contributed by atoms with Crippen molar-refractivity contribution in [2.24, 2.45) is 5.10 Å². The minimum atomic E-state index is 0.245. The van der Waals surface area contributed by atoms with Crippen LogP contribution in [0.3, 0.4) is 0 Å². The standard InChI is InChI=1S/C9H8Cl2N2/c10-7-2-1-6(5-8(7)11)9-3-4-12-13-9/h1-2,4-5,9,13H,3H2. The maximum Gasteiger partial charge on any atom is 0.0739 e. The lowest BCUT2D eigenvalue weighted by Gasteiger charge is -2.10. The molecule has 1 atom stereocenters. The van der Waals surface area contributed by atoms with E-state index in [2.05, 4.69) is 10.5 Å². The first kappa shape index (κ1) is 8.85. The molecule has 0 amide bonds. The Morgan fingerprint density at radius 2 is 2.15 bits per heavy atom. The molecule has 0 fully saturated rings. The van der Waals surface area contributed by atoms with Gasteiger partial charge in [-0.2, -0.15) is 5.10 Å². The van der Waals surface area contributed by atoms with E-state index in [0.29, 0.717) is 10.0 Å². The number of rotatable bonds is 1. The van der Waals surface area contributed by atoms with Crippen molar-refractivity contribution in [1.82, 2.24) is 5.43 Å². The first-order valence-corrected chi connectivity index (χ1v) is 4.75. The molecule has 2 nitrogen and oxygen atoms in total. The van der Waals surface area contributed by atoms with Crippen LogP contribution in [0.1, 0.15) is 18.0 Å². The van der Waals surface area contributed by atoms with Crippen molar-refractivity contribution in [2.45, 2.75) is 12.5 Å². The average molecular weight is 215 g/mol. The third kappa shape index (κ3) is 1.79. The Labute approximate surface area is 86.5 Å². The van der Waals surface area contributed by atoms with Gasteiger partial charge in [0, 0.05) is 12.6 Å². The van der Waals surface area contributed by atoms with E-state index in [1.807, 2.05) is 18.3 Å². The van der Waals surface area contributed by atoms with Gasteiger partial charge >= 0.3 is 0 Å². The molecular formula is C9H8Cl2N2. The van der Waals surface area contributed by atoms with Crippen LogP contribution in [0.2, 0.25) is 10.0 Å². The molecule has 2 rings (SSSR count). The van der Waals surface area contributed by atoms with E-state index < -0.39 is 0 Å². The fraction of sp³-hybridized carbons (Fsp3) is 0.222. The second-order valence-corrected chi connectivity index (χ2v) is 3.72. The Bertz CT molecular complexity index is 341. The maximum atomic E-state index is 5.89. The van der Waals surface area contributed by atoms with E-state index in [4.69, 9.17) is 23.2 Å². The summed E-state index contributed by atoms with van der Waals surface area (Å²) in [5.74, 6) is 0. The van der Waals surface area contributed by atoms with Crippen molar-refractivity contribution in [1.29, 1.82) is 0 Å². The SMILES string of the molecule is Clc1ccc(C2CC=NN2)cc1Cl. The first-order valence-electron chi connectivity index (χ1n) is 3.99. The highest BCUT2D eigenvalue weighted by atomic mass is 35.5. The lowest BCUT2D eigenvalue weighted by atomic mass is 10.1. The van der Waals surface area contributed by atoms with Gasteiger partial charge in [0.1, 0.15) is 0 Å². The summed E-state index contributed by atoms with van der Waals surface area (Å²) < 4.78 is 0. The lowest BCUT2D eigenvalue weighted by molar-refractivity contribution is 0.620. The number of hydrazone groups is 1. The van der Waals surface area contributed by atoms with Gasteiger partial charge in [0.05, 0.1) is 16.1 Å². The summed E-state index contributed by atoms with van der Waals surface area (Å²) in [5, 5.41) is 5.12. The molecule has 68 valence electrons. The van der Waals surface area contributed by atoms with Crippen LogP contribution in [0, 0.1) is 0 Å². The molecule has 1 aliphatic rings. The zero-order valence-electron chi connectivity index (χ0n) is 6.80. The van der Waals surface area contributed by atoms with Gasteiger partial charge in [-0.25, -0.2) is 0 Å². The van der Waals surface area contributed by atoms with Gasteiger partial charge in [0.2, 0.25) is 0 Å². The highest BCUT2D eigenvalue weighted by molar-refractivity contribution is 6.42. The third-order valence-electron chi connectivity index (χ3n) is 2.01. The highest BCUT2D eigenvalue weighted by Gasteiger charge is 2.13. The third-order valence-corrected chi connectivity index (χ3v) is 2.75. The van der Waals surface area contributed by atoms with Crippen LogP contribution in [0.5, 0.6) is 0 Å². The smallest absolute Gasteiger partial charge is 0.0739 e. The molecule has 1 aromatic carbocycles. The summed E-state index contributed by atoms with van der Waals surface area (Å²) in [6, 6.07) is 5.88. The Hall–Kier alpha value is -0.730. The van der Waals surface area contributed by atoms with Crippen molar-refractivity contribution in [3.8, 4) is 0 Å². The molecule has 1 N–H and O–H groups in total. The summed E-state index contributed by atoms with van der Waals surface area (Å²) >= 11 is 11.7. The second-order valence-electron chi connectivity index (χ2n) is 2.90. The van der Waals surface area contributed by atoms with Crippen LogP contribution in [0.15, 0.2) is 23.3 Å². The largest absolute Gasteiger partial charge is 0.303 e. The van der Waals surface area contributed by atoms with Gasteiger partial charge in [-0.05, 0) is 17.7 Å². The van der Waals surface area contributed by atoms with Gasteiger partial charge in [-0.3, -0.25) is 0 Å². The van der Waals surface area contributed by atoms with Crippen molar-refractivity contribution < 1.29 is 0 Å². The van der Waals surface area contributed by atoms with E-state index in [1.54, 1.807) is 6.07 Å².